The maximum Gasteiger partial charge on any atom is 0.347 e. The first kappa shape index (κ1) is 13.5. The Balaban J connectivity index is 2.21. The highest BCUT2D eigenvalue weighted by Gasteiger charge is 2.15. The van der Waals surface area contributed by atoms with Crippen molar-refractivity contribution < 1.29 is 19.1 Å². The number of benzene rings is 2. The minimum Gasteiger partial charge on any atom is -0.423 e. The Hall–Kier alpha value is -2.88. The van der Waals surface area contributed by atoms with Gasteiger partial charge in [0.05, 0.1) is 0 Å². The van der Waals surface area contributed by atoms with Crippen molar-refractivity contribution >= 4 is 11.9 Å². The van der Waals surface area contributed by atoms with E-state index in [1.165, 1.54) is 12.1 Å². The van der Waals surface area contributed by atoms with Crippen molar-refractivity contribution in [2.45, 2.75) is 0 Å². The summed E-state index contributed by atoms with van der Waals surface area (Å²) in [7, 11) is 0. The lowest BCUT2D eigenvalue weighted by Crippen LogP contribution is -2.12. The molecule has 0 aromatic heterocycles. The average molecular weight is 268 g/mol. The molecule has 0 N–H and O–H groups in total. The van der Waals surface area contributed by atoms with Crippen molar-refractivity contribution in [1.29, 1.82) is 0 Å². The molecule has 4 heteroatoms. The van der Waals surface area contributed by atoms with Gasteiger partial charge in [0, 0.05) is 6.08 Å². The molecule has 0 saturated heterocycles. The maximum atomic E-state index is 12.1. The van der Waals surface area contributed by atoms with Crippen LogP contribution in [0.4, 0.5) is 0 Å². The number of hydrogen-bond donors (Lipinski definition) is 0. The van der Waals surface area contributed by atoms with Gasteiger partial charge >= 0.3 is 11.9 Å². The van der Waals surface area contributed by atoms with Crippen LogP contribution in [-0.2, 0) is 4.79 Å². The van der Waals surface area contributed by atoms with Gasteiger partial charge in [0.15, 0.2) is 0 Å². The fraction of sp³-hybridized carbons (Fsp3) is 0. The number of carbonyl (C=O) groups excluding carboxylic acids is 2. The number of ether oxygens (including phenoxy) is 2. The van der Waals surface area contributed by atoms with E-state index in [0.29, 0.717) is 5.75 Å². The molecular weight excluding hydrogens is 256 g/mol. The van der Waals surface area contributed by atoms with Gasteiger partial charge in [-0.25, -0.2) is 9.59 Å². The first-order valence-corrected chi connectivity index (χ1v) is 5.91. The molecule has 0 atom stereocenters. The van der Waals surface area contributed by atoms with Gasteiger partial charge in [-0.15, -0.1) is 0 Å². The molecule has 4 nitrogen and oxygen atoms in total. The van der Waals surface area contributed by atoms with Crippen molar-refractivity contribution in [3.63, 3.8) is 0 Å². The van der Waals surface area contributed by atoms with Crippen LogP contribution in [-0.4, -0.2) is 11.9 Å². The lowest BCUT2D eigenvalue weighted by Gasteiger charge is -2.08. The molecule has 0 unspecified atom stereocenters. The highest BCUT2D eigenvalue weighted by molar-refractivity contribution is 5.95. The van der Waals surface area contributed by atoms with E-state index in [1.807, 2.05) is 6.07 Å². The van der Waals surface area contributed by atoms with Crippen LogP contribution < -0.4 is 9.47 Å². The van der Waals surface area contributed by atoms with Gasteiger partial charge in [0.2, 0.25) is 0 Å². The fourth-order valence-electron chi connectivity index (χ4n) is 1.52. The Morgan fingerprint density at radius 2 is 1.55 bits per heavy atom. The monoisotopic (exact) mass is 268 g/mol. The van der Waals surface area contributed by atoms with E-state index in [4.69, 9.17) is 9.47 Å². The molecule has 0 amide bonds. The number of hydrogen-bond acceptors (Lipinski definition) is 4. The zero-order valence-electron chi connectivity index (χ0n) is 10.6. The van der Waals surface area contributed by atoms with Gasteiger partial charge in [-0.05, 0) is 24.3 Å². The molecule has 0 heterocycles. The first-order chi connectivity index (χ1) is 9.70. The van der Waals surface area contributed by atoms with Crippen LogP contribution in [0.25, 0.3) is 0 Å². The van der Waals surface area contributed by atoms with E-state index in [-0.39, 0.29) is 11.3 Å². The molecule has 2 aromatic rings. The molecule has 0 radical (unpaired) electrons. The second-order valence-electron chi connectivity index (χ2n) is 3.82. The van der Waals surface area contributed by atoms with Crippen molar-refractivity contribution in [3.05, 3.63) is 72.8 Å². The standard InChI is InChI=1S/C16H12O4/c1-2-15(17)20-14-11-7-6-10-13(14)16(18)19-12-8-4-3-5-9-12/h2-11H,1H2. The Labute approximate surface area is 116 Å². The van der Waals surface area contributed by atoms with Crippen LogP contribution in [0, 0.1) is 0 Å². The second kappa shape index (κ2) is 6.33. The largest absolute Gasteiger partial charge is 0.423 e. The molecule has 2 rings (SSSR count). The van der Waals surface area contributed by atoms with Gasteiger partial charge in [0.25, 0.3) is 0 Å². The summed E-state index contributed by atoms with van der Waals surface area (Å²) in [5, 5.41) is 0. The minimum absolute atomic E-state index is 0.137. The zero-order chi connectivity index (χ0) is 14.4. The summed E-state index contributed by atoms with van der Waals surface area (Å²) in [4.78, 5) is 23.3. The van der Waals surface area contributed by atoms with Crippen molar-refractivity contribution in [2.75, 3.05) is 0 Å². The van der Waals surface area contributed by atoms with Gasteiger partial charge in [-0.1, -0.05) is 36.9 Å². The average Bonchev–Trinajstić information content (AvgIpc) is 2.48. The van der Waals surface area contributed by atoms with Gasteiger partial charge in [0.1, 0.15) is 17.1 Å². The van der Waals surface area contributed by atoms with Crippen LogP contribution in [0.5, 0.6) is 11.5 Å². The van der Waals surface area contributed by atoms with Crippen molar-refractivity contribution in [3.8, 4) is 11.5 Å². The zero-order valence-corrected chi connectivity index (χ0v) is 10.6. The SMILES string of the molecule is C=CC(=O)Oc1ccccc1C(=O)Oc1ccccc1. The van der Waals surface area contributed by atoms with E-state index in [9.17, 15) is 9.59 Å². The van der Waals surface area contributed by atoms with E-state index < -0.39 is 11.9 Å². The molecular formula is C16H12O4. The summed E-state index contributed by atoms with van der Waals surface area (Å²) in [6.45, 7) is 3.31. The van der Waals surface area contributed by atoms with Gasteiger partial charge in [-0.2, -0.15) is 0 Å². The number of carbonyl (C=O) groups is 2. The Morgan fingerprint density at radius 3 is 2.25 bits per heavy atom. The highest BCUT2D eigenvalue weighted by atomic mass is 16.5. The normalized spacial score (nSPS) is 9.60. The third-order valence-corrected chi connectivity index (χ3v) is 2.44. The van der Waals surface area contributed by atoms with Crippen LogP contribution in [0.15, 0.2) is 67.3 Å². The van der Waals surface area contributed by atoms with Gasteiger partial charge in [-0.3, -0.25) is 0 Å². The minimum atomic E-state index is -0.634. The van der Waals surface area contributed by atoms with Crippen molar-refractivity contribution in [1.82, 2.24) is 0 Å². The molecule has 0 saturated carbocycles. The molecule has 0 bridgehead atoms. The number of rotatable bonds is 4. The van der Waals surface area contributed by atoms with E-state index in [1.54, 1.807) is 36.4 Å². The topological polar surface area (TPSA) is 52.6 Å². The number of para-hydroxylation sites is 2. The molecule has 0 fully saturated rings. The summed E-state index contributed by atoms with van der Waals surface area (Å²) in [6.07, 6.45) is 1.03. The molecule has 0 spiro atoms. The smallest absolute Gasteiger partial charge is 0.347 e. The fourth-order valence-corrected chi connectivity index (χ4v) is 1.52. The summed E-state index contributed by atoms with van der Waals surface area (Å²) in [5.74, 6) is -0.672. The Bertz CT molecular complexity index is 632. The second-order valence-corrected chi connectivity index (χ2v) is 3.82. The third kappa shape index (κ3) is 3.32. The van der Waals surface area contributed by atoms with E-state index in [2.05, 4.69) is 6.58 Å². The van der Waals surface area contributed by atoms with Crippen LogP contribution in [0.1, 0.15) is 10.4 Å². The molecule has 0 aliphatic rings. The van der Waals surface area contributed by atoms with E-state index in [0.717, 1.165) is 6.08 Å². The van der Waals surface area contributed by atoms with E-state index >= 15 is 0 Å². The molecule has 100 valence electrons. The molecule has 20 heavy (non-hydrogen) atoms. The number of esters is 2. The van der Waals surface area contributed by atoms with Gasteiger partial charge < -0.3 is 9.47 Å². The summed E-state index contributed by atoms with van der Waals surface area (Å²) < 4.78 is 10.2. The molecule has 2 aromatic carbocycles. The van der Waals surface area contributed by atoms with Crippen LogP contribution in [0.3, 0.4) is 0 Å². The Kier molecular flexibility index (Phi) is 4.29. The third-order valence-electron chi connectivity index (χ3n) is 2.44. The summed E-state index contributed by atoms with van der Waals surface area (Å²) in [6, 6.07) is 15.0. The van der Waals surface area contributed by atoms with Crippen LogP contribution in [0.2, 0.25) is 0 Å². The highest BCUT2D eigenvalue weighted by Crippen LogP contribution is 2.20. The lowest BCUT2D eigenvalue weighted by molar-refractivity contribution is -0.128. The molecule has 0 aliphatic heterocycles. The quantitative estimate of drug-likeness (QED) is 0.486. The first-order valence-electron chi connectivity index (χ1n) is 5.91. The van der Waals surface area contributed by atoms with Crippen LogP contribution >= 0.6 is 0 Å². The Morgan fingerprint density at radius 1 is 0.900 bits per heavy atom. The summed E-state index contributed by atoms with van der Waals surface area (Å²) in [5.41, 5.74) is 0.173. The molecule has 0 aliphatic carbocycles. The lowest BCUT2D eigenvalue weighted by atomic mass is 10.2. The van der Waals surface area contributed by atoms with Crippen molar-refractivity contribution in [2.24, 2.45) is 0 Å². The maximum absolute atomic E-state index is 12.1. The summed E-state index contributed by atoms with van der Waals surface area (Å²) >= 11 is 0. The predicted octanol–water partition coefficient (Wildman–Crippen LogP) is 3.00. The predicted molar refractivity (Wildman–Crippen MR) is 73.7 cm³/mol.